The van der Waals surface area contributed by atoms with Gasteiger partial charge in [0.1, 0.15) is 23.2 Å². The molecule has 0 saturated heterocycles. The van der Waals surface area contributed by atoms with Gasteiger partial charge in [-0.2, -0.15) is 5.10 Å². The molecular weight excluding hydrogens is 458 g/mol. The number of hydrogen-bond donors (Lipinski definition) is 2. The molecule has 0 aliphatic carbocycles. The molecule has 0 spiro atoms. The van der Waals surface area contributed by atoms with Gasteiger partial charge >= 0.3 is 5.97 Å². The van der Waals surface area contributed by atoms with Gasteiger partial charge in [0.05, 0.1) is 22.3 Å². The summed E-state index contributed by atoms with van der Waals surface area (Å²) in [7, 11) is 0. The molecule has 1 unspecified atom stereocenters. The van der Waals surface area contributed by atoms with Crippen molar-refractivity contribution in [1.82, 2.24) is 9.61 Å². The number of rotatable bonds is 8. The number of aromatic nitrogens is 2. The Morgan fingerprint density at radius 1 is 1.22 bits per heavy atom. The molecule has 3 aromatic rings. The van der Waals surface area contributed by atoms with E-state index in [1.807, 2.05) is 13.8 Å². The van der Waals surface area contributed by atoms with Crippen LogP contribution in [0.4, 0.5) is 4.39 Å². The third-order valence-electron chi connectivity index (χ3n) is 4.85. The Labute approximate surface area is 193 Å². The predicted octanol–water partition coefficient (Wildman–Crippen LogP) is 5.38. The molecule has 0 radical (unpaired) electrons. The quantitative estimate of drug-likeness (QED) is 0.424. The number of carbonyl (C=O) groups excluding carboxylic acids is 1. The number of fused-ring (bicyclic) bond motifs is 1. The van der Waals surface area contributed by atoms with Crippen LogP contribution in [0.25, 0.3) is 22.9 Å². The number of carboxylic acids is 1. The number of aliphatic hydroxyl groups is 1. The Hall–Kier alpha value is -2.74. The van der Waals surface area contributed by atoms with Crippen molar-refractivity contribution in [2.75, 3.05) is 0 Å². The molecule has 1 aromatic carbocycles. The molecule has 6 nitrogen and oxygen atoms in total. The summed E-state index contributed by atoms with van der Waals surface area (Å²) in [5.74, 6) is -2.27. The van der Waals surface area contributed by atoms with Crippen LogP contribution >= 0.6 is 23.2 Å². The van der Waals surface area contributed by atoms with Crippen molar-refractivity contribution < 1.29 is 24.2 Å². The van der Waals surface area contributed by atoms with Crippen LogP contribution in [0.15, 0.2) is 36.4 Å². The van der Waals surface area contributed by atoms with E-state index in [0.29, 0.717) is 32.5 Å². The van der Waals surface area contributed by atoms with Crippen LogP contribution in [0.2, 0.25) is 10.2 Å². The van der Waals surface area contributed by atoms with Gasteiger partial charge in [-0.1, -0.05) is 49.2 Å². The minimum Gasteiger partial charge on any atom is -0.481 e. The van der Waals surface area contributed by atoms with Crippen LogP contribution in [-0.2, 0) is 9.59 Å². The molecule has 0 fully saturated rings. The van der Waals surface area contributed by atoms with Crippen LogP contribution in [0.1, 0.15) is 43.7 Å². The fourth-order valence-corrected chi connectivity index (χ4v) is 4.09. The van der Waals surface area contributed by atoms with Gasteiger partial charge in [0.2, 0.25) is 0 Å². The average Bonchev–Trinajstić information content (AvgIpc) is 2.98. The van der Waals surface area contributed by atoms with E-state index in [-0.39, 0.29) is 12.3 Å². The first kappa shape index (κ1) is 23.9. The SMILES string of the molecule is CC(C)c1c(C=CC(O)CC(=O)CC(=O)O)c(-c2ccc(F)cc2)nn2c(Cl)cc(Cl)c12. The molecule has 9 heteroatoms. The van der Waals surface area contributed by atoms with E-state index in [4.69, 9.17) is 28.3 Å². The zero-order valence-corrected chi connectivity index (χ0v) is 18.9. The highest BCUT2D eigenvalue weighted by molar-refractivity contribution is 6.37. The topological polar surface area (TPSA) is 91.9 Å². The first-order valence-electron chi connectivity index (χ1n) is 9.84. The zero-order chi connectivity index (χ0) is 23.6. The Balaban J connectivity index is 2.17. The number of nitrogens with zero attached hydrogens (tertiary/aromatic N) is 2. The van der Waals surface area contributed by atoms with Crippen molar-refractivity contribution in [3.8, 4) is 11.3 Å². The number of Topliss-reactive ketones (excluding diaryl/α,β-unsaturated/α-hetero) is 1. The van der Waals surface area contributed by atoms with Crippen LogP contribution in [0.5, 0.6) is 0 Å². The van der Waals surface area contributed by atoms with E-state index in [0.717, 1.165) is 5.56 Å². The van der Waals surface area contributed by atoms with E-state index in [2.05, 4.69) is 5.10 Å². The molecule has 3 rings (SSSR count). The van der Waals surface area contributed by atoms with E-state index >= 15 is 0 Å². The molecule has 0 saturated carbocycles. The number of aliphatic hydroxyl groups excluding tert-OH is 1. The third kappa shape index (κ3) is 5.18. The van der Waals surface area contributed by atoms with E-state index in [1.165, 1.54) is 22.7 Å². The van der Waals surface area contributed by atoms with Crippen molar-refractivity contribution in [2.45, 2.75) is 38.7 Å². The minimum absolute atomic E-state index is 0.0337. The van der Waals surface area contributed by atoms with Crippen LogP contribution in [0, 0.1) is 5.82 Å². The highest BCUT2D eigenvalue weighted by atomic mass is 35.5. The van der Waals surface area contributed by atoms with Gasteiger partial charge in [-0.05, 0) is 41.8 Å². The first-order chi connectivity index (χ1) is 15.1. The number of hydrogen-bond acceptors (Lipinski definition) is 4. The summed E-state index contributed by atoms with van der Waals surface area (Å²) in [6, 6.07) is 7.37. The Morgan fingerprint density at radius 2 is 1.88 bits per heavy atom. The van der Waals surface area contributed by atoms with Crippen molar-refractivity contribution in [1.29, 1.82) is 0 Å². The maximum Gasteiger partial charge on any atom is 0.310 e. The number of benzene rings is 1. The number of aliphatic carboxylic acids is 1. The second-order valence-electron chi connectivity index (χ2n) is 7.65. The first-order valence-corrected chi connectivity index (χ1v) is 10.6. The lowest BCUT2D eigenvalue weighted by Gasteiger charge is -2.18. The van der Waals surface area contributed by atoms with Gasteiger partial charge < -0.3 is 10.2 Å². The van der Waals surface area contributed by atoms with E-state index < -0.39 is 30.1 Å². The molecule has 0 aliphatic heterocycles. The molecule has 168 valence electrons. The van der Waals surface area contributed by atoms with E-state index in [1.54, 1.807) is 24.3 Å². The van der Waals surface area contributed by atoms with Gasteiger partial charge in [0.15, 0.2) is 0 Å². The molecule has 2 aromatic heterocycles. The predicted molar refractivity (Wildman–Crippen MR) is 122 cm³/mol. The fraction of sp³-hybridized carbons (Fsp3) is 0.261. The maximum atomic E-state index is 13.5. The second kappa shape index (κ2) is 9.81. The van der Waals surface area contributed by atoms with Gasteiger partial charge in [-0.15, -0.1) is 0 Å². The fourth-order valence-electron chi connectivity index (χ4n) is 3.52. The number of carboxylic acid groups (broad SMARTS) is 1. The monoisotopic (exact) mass is 478 g/mol. The number of ketones is 1. The second-order valence-corrected chi connectivity index (χ2v) is 8.45. The van der Waals surface area contributed by atoms with Crippen LogP contribution in [0.3, 0.4) is 0 Å². The summed E-state index contributed by atoms with van der Waals surface area (Å²) >= 11 is 12.8. The minimum atomic E-state index is -1.25. The van der Waals surface area contributed by atoms with Gasteiger partial charge in [0.25, 0.3) is 0 Å². The molecule has 2 N–H and O–H groups in total. The Bertz CT molecular complexity index is 1200. The standard InChI is InChI=1S/C23H21Cl2FN2O4/c1-12(2)21-17(8-7-15(29)9-16(30)10-20(31)32)22(13-3-5-14(26)6-4-13)27-28-19(25)11-18(24)23(21)28/h3-8,11-12,15,29H,9-10H2,1-2H3,(H,31,32). The molecule has 2 heterocycles. The zero-order valence-electron chi connectivity index (χ0n) is 17.3. The van der Waals surface area contributed by atoms with E-state index in [9.17, 15) is 19.1 Å². The highest BCUT2D eigenvalue weighted by Gasteiger charge is 2.22. The number of halogens is 3. The Kier molecular flexibility index (Phi) is 7.33. The van der Waals surface area contributed by atoms with Gasteiger partial charge in [0, 0.05) is 17.5 Å². The van der Waals surface area contributed by atoms with Crippen LogP contribution < -0.4 is 0 Å². The summed E-state index contributed by atoms with van der Waals surface area (Å²) in [5, 5.41) is 24.3. The summed E-state index contributed by atoms with van der Waals surface area (Å²) in [4.78, 5) is 22.4. The van der Waals surface area contributed by atoms with Crippen molar-refractivity contribution in [3.05, 3.63) is 63.5 Å². The largest absolute Gasteiger partial charge is 0.481 e. The molecular formula is C23H21Cl2FN2O4. The molecule has 1 atom stereocenters. The number of carbonyl (C=O) groups is 2. The lowest BCUT2D eigenvalue weighted by atomic mass is 9.93. The summed E-state index contributed by atoms with van der Waals surface area (Å²) in [6.45, 7) is 3.93. The van der Waals surface area contributed by atoms with Crippen molar-refractivity contribution >= 4 is 46.5 Å². The molecule has 0 aliphatic rings. The highest BCUT2D eigenvalue weighted by Crippen LogP contribution is 2.38. The van der Waals surface area contributed by atoms with Crippen LogP contribution in [-0.4, -0.2) is 37.7 Å². The smallest absolute Gasteiger partial charge is 0.310 e. The van der Waals surface area contributed by atoms with Crippen molar-refractivity contribution in [2.24, 2.45) is 0 Å². The lowest BCUT2D eigenvalue weighted by molar-refractivity contribution is -0.140. The normalized spacial score (nSPS) is 12.7. The third-order valence-corrected chi connectivity index (χ3v) is 5.41. The summed E-state index contributed by atoms with van der Waals surface area (Å²) in [6.07, 6.45) is 0.847. The maximum absolute atomic E-state index is 13.5. The molecule has 0 bridgehead atoms. The Morgan fingerprint density at radius 3 is 2.47 bits per heavy atom. The molecule has 0 amide bonds. The lowest BCUT2D eigenvalue weighted by Crippen LogP contribution is -2.14. The summed E-state index contributed by atoms with van der Waals surface area (Å²) in [5.41, 5.74) is 3.13. The summed E-state index contributed by atoms with van der Waals surface area (Å²) < 4.78 is 15.0. The van der Waals surface area contributed by atoms with Gasteiger partial charge in [-0.3, -0.25) is 9.59 Å². The molecule has 32 heavy (non-hydrogen) atoms. The van der Waals surface area contributed by atoms with Crippen molar-refractivity contribution in [3.63, 3.8) is 0 Å². The average molecular weight is 479 g/mol. The van der Waals surface area contributed by atoms with Gasteiger partial charge in [-0.25, -0.2) is 8.91 Å².